The molecule has 7 heteroatoms. The summed E-state index contributed by atoms with van der Waals surface area (Å²) in [5.41, 5.74) is 0. The number of rotatable bonds is 9. The van der Waals surface area contributed by atoms with Crippen molar-refractivity contribution in [3.63, 3.8) is 0 Å². The number of aromatic nitrogens is 2. The molecule has 0 amide bonds. The van der Waals surface area contributed by atoms with Gasteiger partial charge in [0.05, 0.1) is 19.0 Å². The molecule has 0 aliphatic heterocycles. The van der Waals surface area contributed by atoms with Gasteiger partial charge in [-0.25, -0.2) is 4.98 Å². The number of nitrogens with zero attached hydrogens (tertiary/aromatic N) is 3. The number of imidazole rings is 1. The van der Waals surface area contributed by atoms with E-state index in [0.717, 1.165) is 45.2 Å². The van der Waals surface area contributed by atoms with Crippen molar-refractivity contribution < 1.29 is 4.74 Å². The Hall–Kier alpha value is -0.830. The fourth-order valence-electron chi connectivity index (χ4n) is 3.01. The van der Waals surface area contributed by atoms with Crippen molar-refractivity contribution in [1.29, 1.82) is 0 Å². The van der Waals surface area contributed by atoms with Crippen molar-refractivity contribution >= 4 is 29.9 Å². The van der Waals surface area contributed by atoms with Gasteiger partial charge < -0.3 is 19.9 Å². The van der Waals surface area contributed by atoms with Crippen LogP contribution in [0.15, 0.2) is 23.7 Å². The molecule has 0 unspecified atom stereocenters. The van der Waals surface area contributed by atoms with Crippen LogP contribution in [0.4, 0.5) is 0 Å². The standard InChI is InChI=1S/C18H33N5O.HI/c1-2-20-18(21-10-7-13-23-14-11-19-16-23)22-12-15-24-17-8-5-3-4-6-9-17;/h11,14,16-17H,2-10,12-13,15H2,1H3,(H2,20,21,22);1H. The van der Waals surface area contributed by atoms with Gasteiger partial charge in [0.25, 0.3) is 0 Å². The predicted molar refractivity (Wildman–Crippen MR) is 114 cm³/mol. The molecule has 0 atom stereocenters. The summed E-state index contributed by atoms with van der Waals surface area (Å²) in [6.45, 7) is 6.28. The average Bonchev–Trinajstić information content (AvgIpc) is 2.97. The molecule has 1 saturated carbocycles. The van der Waals surface area contributed by atoms with Crippen LogP contribution >= 0.6 is 24.0 Å². The number of ether oxygens (including phenoxy) is 1. The molecule has 2 N–H and O–H groups in total. The summed E-state index contributed by atoms with van der Waals surface area (Å²) in [6.07, 6.45) is 14.9. The first kappa shape index (κ1) is 22.2. The quantitative estimate of drug-likeness (QED) is 0.194. The van der Waals surface area contributed by atoms with Crippen molar-refractivity contribution in [3.8, 4) is 0 Å². The maximum atomic E-state index is 6.01. The van der Waals surface area contributed by atoms with E-state index in [1.807, 2.05) is 18.7 Å². The third-order valence-electron chi connectivity index (χ3n) is 4.30. The zero-order valence-corrected chi connectivity index (χ0v) is 17.8. The molecule has 1 aromatic rings. The molecular formula is C18H34IN5O. The second kappa shape index (κ2) is 14.4. The highest BCUT2D eigenvalue weighted by Crippen LogP contribution is 2.19. The molecule has 0 spiro atoms. The highest BCUT2D eigenvalue weighted by Gasteiger charge is 2.12. The minimum atomic E-state index is 0. The number of aryl methyl sites for hydroxylation is 1. The van der Waals surface area contributed by atoms with E-state index in [9.17, 15) is 0 Å². The van der Waals surface area contributed by atoms with Gasteiger partial charge >= 0.3 is 0 Å². The van der Waals surface area contributed by atoms with E-state index < -0.39 is 0 Å². The Morgan fingerprint density at radius 2 is 2.04 bits per heavy atom. The van der Waals surface area contributed by atoms with Gasteiger partial charge in [-0.15, -0.1) is 24.0 Å². The van der Waals surface area contributed by atoms with Gasteiger partial charge in [-0.05, 0) is 26.2 Å². The molecule has 1 heterocycles. The van der Waals surface area contributed by atoms with Crippen LogP contribution in [0.5, 0.6) is 0 Å². The molecule has 1 aliphatic carbocycles. The Morgan fingerprint density at radius 3 is 2.72 bits per heavy atom. The summed E-state index contributed by atoms with van der Waals surface area (Å²) in [4.78, 5) is 8.67. The highest BCUT2D eigenvalue weighted by molar-refractivity contribution is 14.0. The molecule has 144 valence electrons. The van der Waals surface area contributed by atoms with Gasteiger partial charge in [-0.3, -0.25) is 4.99 Å². The van der Waals surface area contributed by atoms with Gasteiger partial charge in [0, 0.05) is 38.6 Å². The van der Waals surface area contributed by atoms with Crippen LogP contribution in [0.3, 0.4) is 0 Å². The van der Waals surface area contributed by atoms with E-state index in [4.69, 9.17) is 4.74 Å². The van der Waals surface area contributed by atoms with Crippen LogP contribution < -0.4 is 10.6 Å². The molecule has 0 radical (unpaired) electrons. The van der Waals surface area contributed by atoms with Crippen molar-refractivity contribution in [2.24, 2.45) is 4.99 Å². The number of guanidine groups is 1. The summed E-state index contributed by atoms with van der Waals surface area (Å²) >= 11 is 0. The number of hydrogen-bond acceptors (Lipinski definition) is 3. The van der Waals surface area contributed by atoms with E-state index in [1.165, 1.54) is 38.5 Å². The third-order valence-corrected chi connectivity index (χ3v) is 4.30. The maximum Gasteiger partial charge on any atom is 0.191 e. The first-order chi connectivity index (χ1) is 11.9. The molecule has 2 rings (SSSR count). The van der Waals surface area contributed by atoms with Crippen LogP contribution in [0, 0.1) is 0 Å². The van der Waals surface area contributed by atoms with E-state index in [2.05, 4.69) is 32.1 Å². The first-order valence-corrected chi connectivity index (χ1v) is 9.48. The second-order valence-electron chi connectivity index (χ2n) is 6.33. The number of halogens is 1. The molecule has 6 nitrogen and oxygen atoms in total. The second-order valence-corrected chi connectivity index (χ2v) is 6.33. The van der Waals surface area contributed by atoms with Gasteiger partial charge in [0.1, 0.15) is 0 Å². The average molecular weight is 463 g/mol. The van der Waals surface area contributed by atoms with Crippen molar-refractivity contribution in [2.75, 3.05) is 26.2 Å². The number of nitrogens with one attached hydrogen (secondary N) is 2. The van der Waals surface area contributed by atoms with Gasteiger partial charge in [-0.2, -0.15) is 0 Å². The topological polar surface area (TPSA) is 63.5 Å². The summed E-state index contributed by atoms with van der Waals surface area (Å²) in [5.74, 6) is 0.882. The van der Waals surface area contributed by atoms with Gasteiger partial charge in [0.2, 0.25) is 0 Å². The summed E-state index contributed by atoms with van der Waals surface area (Å²) in [6, 6.07) is 0. The largest absolute Gasteiger partial charge is 0.376 e. The molecule has 1 fully saturated rings. The SMILES string of the molecule is CCNC(=NCCCn1ccnc1)NCCOC1CCCCCC1.I. The van der Waals surface area contributed by atoms with Gasteiger partial charge in [-0.1, -0.05) is 25.7 Å². The monoisotopic (exact) mass is 463 g/mol. The molecule has 1 aromatic heterocycles. The lowest BCUT2D eigenvalue weighted by Crippen LogP contribution is -2.39. The van der Waals surface area contributed by atoms with Crippen molar-refractivity contribution in [2.45, 2.75) is 64.5 Å². The number of aliphatic imine (C=N–C) groups is 1. The zero-order chi connectivity index (χ0) is 16.9. The van der Waals surface area contributed by atoms with Crippen molar-refractivity contribution in [3.05, 3.63) is 18.7 Å². The normalized spacial score (nSPS) is 16.1. The Kier molecular flexibility index (Phi) is 12.8. The smallest absolute Gasteiger partial charge is 0.191 e. The van der Waals surface area contributed by atoms with Crippen LogP contribution in [0.2, 0.25) is 0 Å². The first-order valence-electron chi connectivity index (χ1n) is 9.48. The van der Waals surface area contributed by atoms with E-state index in [0.29, 0.717) is 6.10 Å². The number of hydrogen-bond donors (Lipinski definition) is 2. The van der Waals surface area contributed by atoms with Crippen LogP contribution in [0.1, 0.15) is 51.9 Å². The molecular weight excluding hydrogens is 429 g/mol. The van der Waals surface area contributed by atoms with E-state index in [1.54, 1.807) is 0 Å². The molecule has 0 saturated heterocycles. The van der Waals surface area contributed by atoms with Crippen molar-refractivity contribution in [1.82, 2.24) is 20.2 Å². The lowest BCUT2D eigenvalue weighted by Gasteiger charge is -2.16. The fraction of sp³-hybridized carbons (Fsp3) is 0.778. The molecule has 1 aliphatic rings. The Balaban J connectivity index is 0.00000312. The van der Waals surface area contributed by atoms with Crippen LogP contribution in [0.25, 0.3) is 0 Å². The van der Waals surface area contributed by atoms with E-state index in [-0.39, 0.29) is 24.0 Å². The minimum Gasteiger partial charge on any atom is -0.376 e. The zero-order valence-electron chi connectivity index (χ0n) is 15.5. The lowest BCUT2D eigenvalue weighted by atomic mass is 10.1. The maximum absolute atomic E-state index is 6.01. The Bertz CT molecular complexity index is 444. The summed E-state index contributed by atoms with van der Waals surface area (Å²) in [5, 5.41) is 6.65. The summed E-state index contributed by atoms with van der Waals surface area (Å²) < 4.78 is 8.09. The lowest BCUT2D eigenvalue weighted by molar-refractivity contribution is 0.0468. The Morgan fingerprint density at radius 1 is 1.24 bits per heavy atom. The van der Waals surface area contributed by atoms with E-state index >= 15 is 0 Å². The minimum absolute atomic E-state index is 0. The highest BCUT2D eigenvalue weighted by atomic mass is 127. The molecule has 0 bridgehead atoms. The molecule has 25 heavy (non-hydrogen) atoms. The Labute approximate surface area is 169 Å². The molecule has 0 aromatic carbocycles. The fourth-order valence-corrected chi connectivity index (χ4v) is 3.01. The third kappa shape index (κ3) is 10.0. The predicted octanol–water partition coefficient (Wildman–Crippen LogP) is 3.19. The van der Waals surface area contributed by atoms with Crippen LogP contribution in [-0.2, 0) is 11.3 Å². The van der Waals surface area contributed by atoms with Gasteiger partial charge in [0.15, 0.2) is 5.96 Å². The van der Waals surface area contributed by atoms with Crippen LogP contribution in [-0.4, -0.2) is 47.9 Å². The summed E-state index contributed by atoms with van der Waals surface area (Å²) in [7, 11) is 0.